The van der Waals surface area contributed by atoms with Crippen LogP contribution < -0.4 is 10.1 Å². The summed E-state index contributed by atoms with van der Waals surface area (Å²) in [6.45, 7) is 1.14. The Morgan fingerprint density at radius 3 is 2.71 bits per heavy atom. The van der Waals surface area contributed by atoms with Crippen LogP contribution in [0.15, 0.2) is 36.4 Å². The lowest BCUT2D eigenvalue weighted by Gasteiger charge is -2.11. The number of benzene rings is 2. The molecular formula is C17H16ClNO5. The Labute approximate surface area is 144 Å². The quantitative estimate of drug-likeness (QED) is 0.810. The van der Waals surface area contributed by atoms with E-state index in [4.69, 9.17) is 21.1 Å². The standard InChI is InChI=1S/C17H16ClNO5/c1-10-4-3-5-12(16(10)21)17(22)24-9-15(20)19-13-8-11(18)6-7-14(13)23-2/h3-8,21H,9H2,1-2H3,(H,19,20). The van der Waals surface area contributed by atoms with Crippen molar-refractivity contribution in [1.82, 2.24) is 0 Å². The van der Waals surface area contributed by atoms with Gasteiger partial charge in [0.05, 0.1) is 12.8 Å². The number of nitrogens with one attached hydrogen (secondary N) is 1. The summed E-state index contributed by atoms with van der Waals surface area (Å²) >= 11 is 5.88. The van der Waals surface area contributed by atoms with Crippen LogP contribution in [0.1, 0.15) is 15.9 Å². The molecule has 6 nitrogen and oxygen atoms in total. The minimum absolute atomic E-state index is 0.00290. The highest BCUT2D eigenvalue weighted by Crippen LogP contribution is 2.27. The normalized spacial score (nSPS) is 10.1. The molecule has 1 amide bonds. The van der Waals surface area contributed by atoms with Gasteiger partial charge in [-0.3, -0.25) is 4.79 Å². The van der Waals surface area contributed by atoms with Crippen LogP contribution >= 0.6 is 11.6 Å². The van der Waals surface area contributed by atoms with E-state index in [0.29, 0.717) is 22.0 Å². The number of esters is 1. The molecule has 0 aliphatic heterocycles. The number of halogens is 1. The Balaban J connectivity index is 2.00. The van der Waals surface area contributed by atoms with Gasteiger partial charge in [0.2, 0.25) is 0 Å². The predicted molar refractivity (Wildman–Crippen MR) is 89.8 cm³/mol. The van der Waals surface area contributed by atoms with Gasteiger partial charge in [0.1, 0.15) is 17.1 Å². The smallest absolute Gasteiger partial charge is 0.342 e. The van der Waals surface area contributed by atoms with Crippen molar-refractivity contribution in [2.24, 2.45) is 0 Å². The SMILES string of the molecule is COc1ccc(Cl)cc1NC(=O)COC(=O)c1cccc(C)c1O. The van der Waals surface area contributed by atoms with E-state index in [0.717, 1.165) is 0 Å². The van der Waals surface area contributed by atoms with Gasteiger partial charge in [0, 0.05) is 5.02 Å². The number of anilines is 1. The van der Waals surface area contributed by atoms with Gasteiger partial charge in [0.15, 0.2) is 6.61 Å². The van der Waals surface area contributed by atoms with Crippen LogP contribution in [0.4, 0.5) is 5.69 Å². The van der Waals surface area contributed by atoms with Crippen molar-refractivity contribution in [3.63, 3.8) is 0 Å². The number of aryl methyl sites for hydroxylation is 1. The lowest BCUT2D eigenvalue weighted by Crippen LogP contribution is -2.21. The third-order valence-electron chi connectivity index (χ3n) is 3.23. The molecule has 0 saturated carbocycles. The summed E-state index contributed by atoms with van der Waals surface area (Å²) in [5.74, 6) is -1.09. The van der Waals surface area contributed by atoms with Crippen LogP contribution in [-0.2, 0) is 9.53 Å². The summed E-state index contributed by atoms with van der Waals surface area (Å²) in [6, 6.07) is 9.44. The minimum Gasteiger partial charge on any atom is -0.507 e. The summed E-state index contributed by atoms with van der Waals surface area (Å²) in [5, 5.41) is 12.8. The molecule has 126 valence electrons. The first kappa shape index (κ1) is 17.6. The van der Waals surface area contributed by atoms with E-state index in [1.54, 1.807) is 31.2 Å². The van der Waals surface area contributed by atoms with Crippen LogP contribution in [0, 0.1) is 6.92 Å². The second kappa shape index (κ2) is 7.70. The van der Waals surface area contributed by atoms with Gasteiger partial charge in [-0.25, -0.2) is 4.79 Å². The van der Waals surface area contributed by atoms with Crippen LogP contribution in [0.5, 0.6) is 11.5 Å². The third-order valence-corrected chi connectivity index (χ3v) is 3.46. The van der Waals surface area contributed by atoms with Gasteiger partial charge >= 0.3 is 5.97 Å². The molecule has 2 aromatic rings. The Hall–Kier alpha value is -2.73. The first-order valence-electron chi connectivity index (χ1n) is 7.01. The van der Waals surface area contributed by atoms with Crippen LogP contribution in [0.3, 0.4) is 0 Å². The summed E-state index contributed by atoms with van der Waals surface area (Å²) in [4.78, 5) is 23.9. The molecule has 0 aliphatic carbocycles. The number of ether oxygens (including phenoxy) is 2. The van der Waals surface area contributed by atoms with Gasteiger partial charge in [-0.15, -0.1) is 0 Å². The molecule has 0 bridgehead atoms. The molecule has 2 N–H and O–H groups in total. The number of rotatable bonds is 5. The van der Waals surface area contributed by atoms with E-state index >= 15 is 0 Å². The number of phenolic OH excluding ortho intramolecular Hbond substituents is 1. The fourth-order valence-electron chi connectivity index (χ4n) is 2.00. The monoisotopic (exact) mass is 349 g/mol. The molecule has 0 saturated heterocycles. The molecule has 2 aromatic carbocycles. The number of amides is 1. The average Bonchev–Trinajstić information content (AvgIpc) is 2.55. The molecule has 0 aromatic heterocycles. The second-order valence-corrected chi connectivity index (χ2v) is 5.38. The fraction of sp³-hybridized carbons (Fsp3) is 0.176. The van der Waals surface area contributed by atoms with E-state index in [-0.39, 0.29) is 11.3 Å². The number of carbonyl (C=O) groups is 2. The van der Waals surface area contributed by atoms with Crippen molar-refractivity contribution in [1.29, 1.82) is 0 Å². The predicted octanol–water partition coefficient (Wildman–Crippen LogP) is 3.16. The van der Waals surface area contributed by atoms with E-state index in [9.17, 15) is 14.7 Å². The summed E-state index contributed by atoms with van der Waals surface area (Å²) in [7, 11) is 1.46. The molecule has 0 spiro atoms. The molecule has 0 aliphatic rings. The maximum atomic E-state index is 11.9. The highest BCUT2D eigenvalue weighted by Gasteiger charge is 2.16. The molecule has 2 rings (SSSR count). The van der Waals surface area contributed by atoms with Crippen molar-refractivity contribution in [3.05, 3.63) is 52.5 Å². The number of methoxy groups -OCH3 is 1. The molecule has 0 atom stereocenters. The van der Waals surface area contributed by atoms with Gasteiger partial charge in [-0.05, 0) is 36.8 Å². The number of para-hydroxylation sites is 1. The zero-order chi connectivity index (χ0) is 17.7. The lowest BCUT2D eigenvalue weighted by atomic mass is 10.1. The first-order valence-corrected chi connectivity index (χ1v) is 7.39. The minimum atomic E-state index is -0.788. The Morgan fingerprint density at radius 2 is 2.00 bits per heavy atom. The average molecular weight is 350 g/mol. The van der Waals surface area contributed by atoms with E-state index in [1.807, 2.05) is 0 Å². The third kappa shape index (κ3) is 4.17. The maximum absolute atomic E-state index is 11.9. The van der Waals surface area contributed by atoms with E-state index < -0.39 is 18.5 Å². The van der Waals surface area contributed by atoms with E-state index in [1.165, 1.54) is 19.2 Å². The van der Waals surface area contributed by atoms with Gasteiger partial charge < -0.3 is 19.9 Å². The van der Waals surface area contributed by atoms with Crippen molar-refractivity contribution in [3.8, 4) is 11.5 Å². The lowest BCUT2D eigenvalue weighted by molar-refractivity contribution is -0.119. The van der Waals surface area contributed by atoms with Crippen molar-refractivity contribution in [2.45, 2.75) is 6.92 Å². The molecule has 24 heavy (non-hydrogen) atoms. The topological polar surface area (TPSA) is 84.9 Å². The Bertz CT molecular complexity index is 776. The Morgan fingerprint density at radius 1 is 1.25 bits per heavy atom. The maximum Gasteiger partial charge on any atom is 0.342 e. The molecule has 0 fully saturated rings. The number of carbonyl (C=O) groups excluding carboxylic acids is 2. The number of aromatic hydroxyl groups is 1. The largest absolute Gasteiger partial charge is 0.507 e. The van der Waals surface area contributed by atoms with Crippen molar-refractivity contribution in [2.75, 3.05) is 19.0 Å². The second-order valence-electron chi connectivity index (χ2n) is 4.94. The van der Waals surface area contributed by atoms with Gasteiger partial charge in [-0.1, -0.05) is 23.7 Å². The summed E-state index contributed by atoms with van der Waals surface area (Å²) in [6.07, 6.45) is 0. The molecule has 7 heteroatoms. The van der Waals surface area contributed by atoms with Gasteiger partial charge in [-0.2, -0.15) is 0 Å². The molecule has 0 radical (unpaired) electrons. The highest BCUT2D eigenvalue weighted by atomic mass is 35.5. The zero-order valence-electron chi connectivity index (χ0n) is 13.1. The fourth-order valence-corrected chi connectivity index (χ4v) is 2.17. The molecular weight excluding hydrogens is 334 g/mol. The van der Waals surface area contributed by atoms with Crippen LogP contribution in [-0.4, -0.2) is 30.7 Å². The van der Waals surface area contributed by atoms with Crippen LogP contribution in [0.25, 0.3) is 0 Å². The van der Waals surface area contributed by atoms with Gasteiger partial charge in [0.25, 0.3) is 5.91 Å². The summed E-state index contributed by atoms with van der Waals surface area (Å²) in [5.41, 5.74) is 0.908. The highest BCUT2D eigenvalue weighted by molar-refractivity contribution is 6.31. The zero-order valence-corrected chi connectivity index (χ0v) is 13.9. The molecule has 0 unspecified atom stereocenters. The van der Waals surface area contributed by atoms with E-state index in [2.05, 4.69) is 5.32 Å². The number of hydrogen-bond donors (Lipinski definition) is 2. The first-order chi connectivity index (χ1) is 11.4. The van der Waals surface area contributed by atoms with Crippen molar-refractivity contribution < 1.29 is 24.2 Å². The van der Waals surface area contributed by atoms with Crippen LogP contribution in [0.2, 0.25) is 5.02 Å². The summed E-state index contributed by atoms with van der Waals surface area (Å²) < 4.78 is 10.0. The van der Waals surface area contributed by atoms with Crippen molar-refractivity contribution >= 4 is 29.2 Å². The number of hydrogen-bond acceptors (Lipinski definition) is 5. The number of phenols is 1. The Kier molecular flexibility index (Phi) is 5.65. The molecule has 0 heterocycles.